The Kier molecular flexibility index (Phi) is 6.89. The lowest BCUT2D eigenvalue weighted by molar-refractivity contribution is -0.135. The molecule has 216 valence electrons. The third-order valence-electron chi connectivity index (χ3n) is 9.66. The molecule has 7 nitrogen and oxygen atoms in total. The lowest BCUT2D eigenvalue weighted by Gasteiger charge is -2.35. The van der Waals surface area contributed by atoms with E-state index in [1.807, 2.05) is 27.8 Å². The van der Waals surface area contributed by atoms with E-state index in [0.717, 1.165) is 40.6 Å². The number of amides is 1. The molecule has 5 heterocycles. The van der Waals surface area contributed by atoms with Crippen LogP contribution in [0.1, 0.15) is 67.8 Å². The van der Waals surface area contributed by atoms with Crippen molar-refractivity contribution in [3.05, 3.63) is 78.3 Å². The molecule has 1 saturated carbocycles. The van der Waals surface area contributed by atoms with E-state index in [-0.39, 0.29) is 35.4 Å². The highest BCUT2D eigenvalue weighted by Crippen LogP contribution is 2.38. The molecule has 1 N–H and O–H groups in total. The fourth-order valence-electron chi connectivity index (χ4n) is 7.45. The second-order valence-electron chi connectivity index (χ2n) is 12.5. The first-order chi connectivity index (χ1) is 20.4. The summed E-state index contributed by atoms with van der Waals surface area (Å²) in [4.78, 5) is 37.9. The Morgan fingerprint density at radius 2 is 1.76 bits per heavy atom. The van der Waals surface area contributed by atoms with Crippen molar-refractivity contribution in [1.29, 1.82) is 0 Å². The number of pyridine rings is 2. The average Bonchev–Trinajstić information content (AvgIpc) is 3.76. The minimum atomic E-state index is -0.333. The fraction of sp³-hybridized carbons (Fsp3) is 0.412. The van der Waals surface area contributed by atoms with Gasteiger partial charge in [-0.05, 0) is 79.8 Å². The molecule has 4 aromatic rings. The van der Waals surface area contributed by atoms with Gasteiger partial charge in [-0.15, -0.1) is 0 Å². The molecule has 0 spiro atoms. The van der Waals surface area contributed by atoms with Crippen molar-refractivity contribution in [3.63, 3.8) is 0 Å². The topological polar surface area (TPSA) is 80.1 Å². The van der Waals surface area contributed by atoms with Crippen LogP contribution in [0.5, 0.6) is 0 Å². The number of carbonyl (C=O) groups excluding carboxylic acids is 2. The zero-order chi connectivity index (χ0) is 29.0. The van der Waals surface area contributed by atoms with E-state index in [9.17, 15) is 14.0 Å². The summed E-state index contributed by atoms with van der Waals surface area (Å²) in [7, 11) is 0. The van der Waals surface area contributed by atoms with Gasteiger partial charge in [0, 0.05) is 71.9 Å². The number of nitrogens with one attached hydrogen (secondary N) is 1. The van der Waals surface area contributed by atoms with Gasteiger partial charge in [-0.25, -0.2) is 4.39 Å². The maximum Gasteiger partial charge on any atom is 0.240 e. The molecule has 1 aliphatic carbocycles. The van der Waals surface area contributed by atoms with Gasteiger partial charge in [-0.2, -0.15) is 0 Å². The van der Waals surface area contributed by atoms with E-state index in [1.54, 1.807) is 36.9 Å². The Morgan fingerprint density at radius 1 is 0.976 bits per heavy atom. The lowest BCUT2D eigenvalue weighted by Crippen LogP contribution is -2.51. The zero-order valence-corrected chi connectivity index (χ0v) is 24.1. The Hall–Kier alpha value is -3.91. The summed E-state index contributed by atoms with van der Waals surface area (Å²) >= 11 is 0. The monoisotopic (exact) mass is 565 g/mol. The van der Waals surface area contributed by atoms with Crippen LogP contribution in [0.15, 0.2) is 61.3 Å². The van der Waals surface area contributed by atoms with Gasteiger partial charge < -0.3 is 14.8 Å². The molecule has 7 rings (SSSR count). The quantitative estimate of drug-likeness (QED) is 0.294. The van der Waals surface area contributed by atoms with Crippen molar-refractivity contribution in [2.75, 3.05) is 13.1 Å². The number of halogens is 1. The van der Waals surface area contributed by atoms with Crippen molar-refractivity contribution >= 4 is 22.6 Å². The summed E-state index contributed by atoms with van der Waals surface area (Å²) in [6.45, 7) is 5.42. The van der Waals surface area contributed by atoms with E-state index >= 15 is 0 Å². The van der Waals surface area contributed by atoms with Crippen LogP contribution in [-0.2, 0) is 4.79 Å². The molecule has 2 bridgehead atoms. The molecular formula is C34H36FN5O2. The van der Waals surface area contributed by atoms with E-state index in [0.29, 0.717) is 49.0 Å². The number of aromatic nitrogens is 3. The molecule has 3 fully saturated rings. The van der Waals surface area contributed by atoms with Crippen LogP contribution in [-0.4, -0.2) is 56.3 Å². The van der Waals surface area contributed by atoms with Crippen molar-refractivity contribution in [3.8, 4) is 16.8 Å². The van der Waals surface area contributed by atoms with Crippen LogP contribution in [0.25, 0.3) is 27.7 Å². The number of hydrogen-bond acceptors (Lipinski definition) is 5. The van der Waals surface area contributed by atoms with Gasteiger partial charge in [-0.3, -0.25) is 19.6 Å². The predicted molar refractivity (Wildman–Crippen MR) is 160 cm³/mol. The first-order valence-electron chi connectivity index (χ1n) is 15.2. The molecule has 2 saturated heterocycles. The Balaban J connectivity index is 1.19. The molecule has 3 aliphatic rings. The molecule has 2 aliphatic heterocycles. The highest BCUT2D eigenvalue weighted by molar-refractivity contribution is 6.09. The highest BCUT2D eigenvalue weighted by Gasteiger charge is 2.44. The fourth-order valence-corrected chi connectivity index (χ4v) is 7.45. The van der Waals surface area contributed by atoms with Crippen molar-refractivity contribution in [2.24, 2.45) is 11.8 Å². The lowest BCUT2D eigenvalue weighted by atomic mass is 9.88. The standard InChI is InChI=1S/C34H36FN5O2/c1-20(2)25-7-11-36-17-28(25)27-16-23(35)4-6-30(27)40-19-29(26-8-12-37-18-31(26)40)33(41)21-9-13-39(14-10-21)34(42)32-22-3-5-24(15-22)38-32/h4,6-8,11-12,16-22,24,32,38H,3,5,9-10,13-15H2,1-2H3/t22-,24+,32-/m0/s1. The zero-order valence-electron chi connectivity index (χ0n) is 24.1. The number of carbonyl (C=O) groups is 2. The largest absolute Gasteiger partial charge is 0.341 e. The third-order valence-corrected chi connectivity index (χ3v) is 9.66. The SMILES string of the molecule is CC(C)c1ccncc1-c1cc(F)ccc1-n1cc(C(=O)C2CCN(C(=O)[C@H]3N[C@@H]4CC[C@H]3C4)CC2)c2ccncc21. The number of Topliss-reactive ketones (excluding diaryl/α,β-unsaturated/α-hetero) is 1. The third kappa shape index (κ3) is 4.62. The van der Waals surface area contributed by atoms with Gasteiger partial charge in [0.2, 0.25) is 5.91 Å². The van der Waals surface area contributed by atoms with E-state index in [1.165, 1.54) is 12.5 Å². The Morgan fingerprint density at radius 3 is 2.50 bits per heavy atom. The number of ketones is 1. The summed E-state index contributed by atoms with van der Waals surface area (Å²) < 4.78 is 16.6. The smallest absolute Gasteiger partial charge is 0.240 e. The van der Waals surface area contributed by atoms with Crippen LogP contribution in [0.4, 0.5) is 4.39 Å². The number of hydrogen-bond donors (Lipinski definition) is 1. The van der Waals surface area contributed by atoms with Crippen molar-refractivity contribution < 1.29 is 14.0 Å². The van der Waals surface area contributed by atoms with Crippen LogP contribution >= 0.6 is 0 Å². The Labute approximate surface area is 245 Å². The summed E-state index contributed by atoms with van der Waals surface area (Å²) in [5, 5.41) is 4.35. The van der Waals surface area contributed by atoms with Gasteiger partial charge in [0.25, 0.3) is 0 Å². The number of benzene rings is 1. The minimum absolute atomic E-state index is 0.0533. The highest BCUT2D eigenvalue weighted by atomic mass is 19.1. The summed E-state index contributed by atoms with van der Waals surface area (Å²) in [6, 6.07) is 9.05. The van der Waals surface area contributed by atoms with Gasteiger partial charge in [-0.1, -0.05) is 13.8 Å². The number of likely N-dealkylation sites (tertiary alicyclic amines) is 1. The van der Waals surface area contributed by atoms with Gasteiger partial charge in [0.05, 0.1) is 23.4 Å². The van der Waals surface area contributed by atoms with Crippen molar-refractivity contribution in [2.45, 2.75) is 64.0 Å². The predicted octanol–water partition coefficient (Wildman–Crippen LogP) is 5.91. The second-order valence-corrected chi connectivity index (χ2v) is 12.5. The minimum Gasteiger partial charge on any atom is -0.341 e. The maximum absolute atomic E-state index is 14.7. The molecule has 8 heteroatoms. The molecular weight excluding hydrogens is 529 g/mol. The summed E-state index contributed by atoms with van der Waals surface area (Å²) in [5.74, 6) is 0.477. The van der Waals surface area contributed by atoms with Gasteiger partial charge >= 0.3 is 0 Å². The van der Waals surface area contributed by atoms with Crippen LogP contribution in [0, 0.1) is 17.7 Å². The van der Waals surface area contributed by atoms with E-state index in [4.69, 9.17) is 0 Å². The maximum atomic E-state index is 14.7. The summed E-state index contributed by atoms with van der Waals surface area (Å²) in [6.07, 6.45) is 13.6. The Bertz CT molecular complexity index is 1670. The number of rotatable bonds is 6. The molecule has 1 amide bonds. The van der Waals surface area contributed by atoms with Crippen molar-refractivity contribution in [1.82, 2.24) is 24.8 Å². The van der Waals surface area contributed by atoms with E-state index in [2.05, 4.69) is 29.1 Å². The number of piperidine rings is 2. The van der Waals surface area contributed by atoms with Gasteiger partial charge in [0.1, 0.15) is 5.82 Å². The molecule has 0 radical (unpaired) electrons. The summed E-state index contributed by atoms with van der Waals surface area (Å²) in [5.41, 5.74) is 4.85. The molecule has 42 heavy (non-hydrogen) atoms. The molecule has 3 aromatic heterocycles. The van der Waals surface area contributed by atoms with Crippen LogP contribution in [0.2, 0.25) is 0 Å². The first kappa shape index (κ1) is 27.0. The number of fused-ring (bicyclic) bond motifs is 3. The molecule has 0 unspecified atom stereocenters. The normalized spacial score (nSPS) is 22.4. The van der Waals surface area contributed by atoms with E-state index < -0.39 is 0 Å². The molecule has 1 aromatic carbocycles. The molecule has 3 atom stereocenters. The van der Waals surface area contributed by atoms with Crippen LogP contribution < -0.4 is 5.32 Å². The number of nitrogens with zero attached hydrogens (tertiary/aromatic N) is 4. The second kappa shape index (κ2) is 10.7. The average molecular weight is 566 g/mol. The van der Waals surface area contributed by atoms with Crippen LogP contribution in [0.3, 0.4) is 0 Å². The first-order valence-corrected chi connectivity index (χ1v) is 15.2. The van der Waals surface area contributed by atoms with Gasteiger partial charge in [0.15, 0.2) is 5.78 Å².